The molecule has 2 aromatic rings. The number of hydrogen-bond donors (Lipinski definition) is 5. The molecule has 6 N–H and O–H groups in total. The molecule has 0 saturated carbocycles. The molecule has 0 radical (unpaired) electrons. The number of ketones is 2. The monoisotopic (exact) mass is 534 g/mol. The Kier molecular flexibility index (Phi) is 6.18. The number of Topliss-reactive ketones (excluding diaryl/α,β-unsaturated/α-hetero) is 2. The molecule has 0 unspecified atom stereocenters. The number of allylic oxidation sites excluding steroid dienone is 2. The van der Waals surface area contributed by atoms with E-state index >= 15 is 0 Å². The van der Waals surface area contributed by atoms with Gasteiger partial charge in [0.2, 0.25) is 5.78 Å². The van der Waals surface area contributed by atoms with Crippen molar-refractivity contribution in [1.29, 1.82) is 0 Å². The van der Waals surface area contributed by atoms with Gasteiger partial charge in [-0.1, -0.05) is 12.1 Å². The molecule has 3 aliphatic carbocycles. The van der Waals surface area contributed by atoms with Gasteiger partial charge in [0.15, 0.2) is 11.4 Å². The molecule has 0 aliphatic heterocycles. The van der Waals surface area contributed by atoms with Crippen molar-refractivity contribution in [2.75, 3.05) is 25.6 Å². The third-order valence-electron chi connectivity index (χ3n) is 7.98. The Bertz CT molecular complexity index is 1500. The van der Waals surface area contributed by atoms with E-state index in [-0.39, 0.29) is 36.1 Å². The molecule has 2 aromatic carbocycles. The van der Waals surface area contributed by atoms with Crippen molar-refractivity contribution in [3.05, 3.63) is 64.1 Å². The Balaban J connectivity index is 1.71. The first-order valence-electron chi connectivity index (χ1n) is 12.7. The minimum Gasteiger partial charge on any atom is -0.511 e. The number of hydrogen-bond acceptors (Lipinski definition) is 9. The van der Waals surface area contributed by atoms with Crippen LogP contribution in [0.1, 0.15) is 35.7 Å². The molecule has 0 fully saturated rings. The minimum atomic E-state index is -2.60. The molecule has 0 saturated heterocycles. The normalized spacial score (nSPS) is 24.2. The molecule has 39 heavy (non-hydrogen) atoms. The second-order valence-corrected chi connectivity index (χ2v) is 10.4. The summed E-state index contributed by atoms with van der Waals surface area (Å²) in [6.07, 6.45) is 0.0414. The number of aliphatic hydroxyl groups is 3. The van der Waals surface area contributed by atoms with Crippen LogP contribution in [0.4, 0.5) is 5.69 Å². The maximum absolute atomic E-state index is 14.0. The number of aromatic hydroxyl groups is 1. The van der Waals surface area contributed by atoms with Gasteiger partial charge in [0, 0.05) is 43.3 Å². The average Bonchev–Trinajstić information content (AvgIpc) is 2.86. The molecule has 0 aromatic heterocycles. The topological polar surface area (TPSA) is 171 Å². The summed E-state index contributed by atoms with van der Waals surface area (Å²) < 4.78 is 5.59. The number of ether oxygens (including phenoxy) is 1. The van der Waals surface area contributed by atoms with Gasteiger partial charge >= 0.3 is 0 Å². The summed E-state index contributed by atoms with van der Waals surface area (Å²) in [6.45, 7) is 2.30. The Hall–Kier alpha value is -4.31. The first kappa shape index (κ1) is 26.3. The zero-order chi connectivity index (χ0) is 28.4. The number of rotatable bonds is 5. The highest BCUT2D eigenvalue weighted by Crippen LogP contribution is 2.53. The zero-order valence-electron chi connectivity index (χ0n) is 21.8. The lowest BCUT2D eigenvalue weighted by Gasteiger charge is -2.46. The lowest BCUT2D eigenvalue weighted by Crippen LogP contribution is -2.57. The molecular formula is C29H30N2O8. The van der Waals surface area contributed by atoms with E-state index in [0.717, 1.165) is 0 Å². The minimum absolute atomic E-state index is 0.0327. The van der Waals surface area contributed by atoms with Gasteiger partial charge in [-0.2, -0.15) is 0 Å². The van der Waals surface area contributed by atoms with Crippen LogP contribution in [-0.2, 0) is 16.0 Å². The molecule has 10 heteroatoms. The van der Waals surface area contributed by atoms with E-state index in [1.54, 1.807) is 30.3 Å². The van der Waals surface area contributed by atoms with Gasteiger partial charge in [0.1, 0.15) is 28.6 Å². The van der Waals surface area contributed by atoms with Crippen LogP contribution >= 0.6 is 0 Å². The highest BCUT2D eigenvalue weighted by atomic mass is 16.5. The predicted octanol–water partition coefficient (Wildman–Crippen LogP) is 2.71. The summed E-state index contributed by atoms with van der Waals surface area (Å²) in [5, 5.41) is 44.5. The summed E-state index contributed by atoms with van der Waals surface area (Å²) >= 11 is 0. The predicted molar refractivity (Wildman–Crippen MR) is 142 cm³/mol. The van der Waals surface area contributed by atoms with Crippen molar-refractivity contribution in [1.82, 2.24) is 0 Å². The van der Waals surface area contributed by atoms with E-state index in [2.05, 4.69) is 0 Å². The summed E-state index contributed by atoms with van der Waals surface area (Å²) in [4.78, 5) is 40.9. The smallest absolute Gasteiger partial charge is 0.255 e. The van der Waals surface area contributed by atoms with Crippen LogP contribution in [0.2, 0.25) is 0 Å². The number of phenolic OH excluding ortho intramolecular Hbond substituents is 1. The largest absolute Gasteiger partial charge is 0.511 e. The Labute approximate surface area is 224 Å². The summed E-state index contributed by atoms with van der Waals surface area (Å²) in [7, 11) is 3.63. The van der Waals surface area contributed by atoms with E-state index in [9.17, 15) is 34.8 Å². The first-order chi connectivity index (χ1) is 18.4. The third kappa shape index (κ3) is 3.77. The Morgan fingerprint density at radius 3 is 2.51 bits per heavy atom. The molecule has 0 bridgehead atoms. The van der Waals surface area contributed by atoms with E-state index < -0.39 is 52.0 Å². The summed E-state index contributed by atoms with van der Waals surface area (Å²) in [5.41, 5.74) is 3.87. The van der Waals surface area contributed by atoms with Crippen LogP contribution in [-0.4, -0.2) is 64.2 Å². The van der Waals surface area contributed by atoms with Crippen LogP contribution in [0.5, 0.6) is 11.5 Å². The standard InChI is InChI=1S/C29H30N2O8/c1-4-39-16-7-5-6-13(9-16)17-12-19(31(2)3)18-10-14-8-15-11-20(32)23(28(30)37)27(36)29(15,38)26(35)21(14)25(34)22(18)24(17)33/h5-7,9,12,14-15,32-33,35,38H,4,8,10-11H2,1-3H3,(H2,30,37)/t14-,15+,29+/m1/s1. The zero-order valence-corrected chi connectivity index (χ0v) is 21.8. The number of carbonyl (C=O) groups is 3. The highest BCUT2D eigenvalue weighted by molar-refractivity contribution is 6.24. The highest BCUT2D eigenvalue weighted by Gasteiger charge is 2.59. The fraction of sp³-hybridized carbons (Fsp3) is 0.345. The molecule has 5 rings (SSSR count). The van der Waals surface area contributed by atoms with Crippen LogP contribution in [0, 0.1) is 11.8 Å². The van der Waals surface area contributed by atoms with E-state index in [1.165, 1.54) is 0 Å². The van der Waals surface area contributed by atoms with Crippen molar-refractivity contribution in [3.8, 4) is 22.6 Å². The number of carbonyl (C=O) groups excluding carboxylic acids is 3. The molecule has 0 spiro atoms. The second-order valence-electron chi connectivity index (χ2n) is 10.4. The number of anilines is 1. The van der Waals surface area contributed by atoms with E-state index in [0.29, 0.717) is 34.7 Å². The van der Waals surface area contributed by atoms with Crippen LogP contribution in [0.3, 0.4) is 0 Å². The van der Waals surface area contributed by atoms with Gasteiger partial charge in [-0.05, 0) is 55.0 Å². The number of primary amides is 1. The van der Waals surface area contributed by atoms with Crippen molar-refractivity contribution < 1.29 is 39.5 Å². The maximum Gasteiger partial charge on any atom is 0.255 e. The summed E-state index contributed by atoms with van der Waals surface area (Å²) in [6, 6.07) is 8.86. The SMILES string of the molecule is CCOc1cccc(-c2cc(N(C)C)c3c(c2O)C(=O)C2=C(O)[C@]4(O)C(=O)C(C(N)=O)=C(O)C[C@@H]4C[C@@H]2C3)c1. The number of fused-ring (bicyclic) bond motifs is 3. The van der Waals surface area contributed by atoms with Gasteiger partial charge in [-0.15, -0.1) is 0 Å². The van der Waals surface area contributed by atoms with E-state index in [4.69, 9.17) is 10.5 Å². The molecule has 1 amide bonds. The number of benzene rings is 2. The number of phenols is 1. The van der Waals surface area contributed by atoms with Crippen molar-refractivity contribution in [3.63, 3.8) is 0 Å². The summed E-state index contributed by atoms with van der Waals surface area (Å²) in [5.74, 6) is -5.92. The number of nitrogens with two attached hydrogens (primary N) is 1. The lowest BCUT2D eigenvalue weighted by atomic mass is 9.60. The van der Waals surface area contributed by atoms with Crippen LogP contribution in [0.15, 0.2) is 53.0 Å². The number of nitrogens with zero attached hydrogens (tertiary/aromatic N) is 1. The molecule has 10 nitrogen and oxygen atoms in total. The number of aliphatic hydroxyl groups excluding tert-OH is 2. The van der Waals surface area contributed by atoms with Crippen molar-refractivity contribution in [2.45, 2.75) is 31.8 Å². The van der Waals surface area contributed by atoms with Gasteiger partial charge in [0.25, 0.3) is 5.91 Å². The lowest BCUT2D eigenvalue weighted by molar-refractivity contribution is -0.144. The van der Waals surface area contributed by atoms with Gasteiger partial charge in [-0.3, -0.25) is 14.4 Å². The molecular weight excluding hydrogens is 504 g/mol. The molecule has 3 aliphatic rings. The molecule has 3 atom stereocenters. The molecule has 0 heterocycles. The van der Waals surface area contributed by atoms with Gasteiger partial charge < -0.3 is 35.8 Å². The van der Waals surface area contributed by atoms with Crippen molar-refractivity contribution in [2.24, 2.45) is 17.6 Å². The number of amides is 1. The average molecular weight is 535 g/mol. The fourth-order valence-electron chi connectivity index (χ4n) is 6.21. The Morgan fingerprint density at radius 1 is 1.15 bits per heavy atom. The van der Waals surface area contributed by atoms with Gasteiger partial charge in [0.05, 0.1) is 12.2 Å². The Morgan fingerprint density at radius 2 is 1.87 bits per heavy atom. The van der Waals surface area contributed by atoms with Crippen molar-refractivity contribution >= 4 is 23.2 Å². The first-order valence-corrected chi connectivity index (χ1v) is 12.7. The quantitative estimate of drug-likeness (QED) is 0.362. The van der Waals surface area contributed by atoms with Crippen LogP contribution < -0.4 is 15.4 Å². The third-order valence-corrected chi connectivity index (χ3v) is 7.98. The molecule has 204 valence electrons. The van der Waals surface area contributed by atoms with Gasteiger partial charge in [-0.25, -0.2) is 0 Å². The van der Waals surface area contributed by atoms with Crippen LogP contribution in [0.25, 0.3) is 11.1 Å². The fourth-order valence-corrected chi connectivity index (χ4v) is 6.21. The maximum atomic E-state index is 14.0. The second kappa shape index (κ2) is 9.16. The van der Waals surface area contributed by atoms with E-state index in [1.807, 2.05) is 25.9 Å².